The van der Waals surface area contributed by atoms with E-state index in [1.54, 1.807) is 0 Å². The first-order valence-corrected chi connectivity index (χ1v) is 6.66. The van der Waals surface area contributed by atoms with Gasteiger partial charge in [0.1, 0.15) is 11.6 Å². The zero-order valence-corrected chi connectivity index (χ0v) is 12.1. The molecule has 102 valence electrons. The van der Waals surface area contributed by atoms with Crippen molar-refractivity contribution >= 4 is 5.82 Å². The molecule has 0 aromatic carbocycles. The molecule has 1 fully saturated rings. The Bertz CT molecular complexity index is 505. The topological polar surface area (TPSA) is 56.1 Å². The smallest absolute Gasteiger partial charge is 0.169 e. The van der Waals surface area contributed by atoms with Gasteiger partial charge in [0, 0.05) is 20.1 Å². The first-order valence-electron chi connectivity index (χ1n) is 6.66. The SMILES string of the molecule is Cc1nnc(N(C)CC2CCN(C)C2)c(C#N)c1C. The molecule has 0 radical (unpaired) electrons. The van der Waals surface area contributed by atoms with Gasteiger partial charge < -0.3 is 9.80 Å². The molecule has 0 aliphatic carbocycles. The normalized spacial score (nSPS) is 19.4. The highest BCUT2D eigenvalue weighted by Crippen LogP contribution is 2.23. The maximum absolute atomic E-state index is 9.32. The predicted molar refractivity (Wildman–Crippen MR) is 75.1 cm³/mol. The Balaban J connectivity index is 2.17. The van der Waals surface area contributed by atoms with Crippen LogP contribution < -0.4 is 4.90 Å². The van der Waals surface area contributed by atoms with Gasteiger partial charge in [-0.25, -0.2) is 0 Å². The molecule has 0 spiro atoms. The van der Waals surface area contributed by atoms with Crippen molar-refractivity contribution in [1.82, 2.24) is 15.1 Å². The number of likely N-dealkylation sites (tertiary alicyclic amines) is 1. The van der Waals surface area contributed by atoms with Crippen molar-refractivity contribution in [2.45, 2.75) is 20.3 Å². The monoisotopic (exact) mass is 259 g/mol. The van der Waals surface area contributed by atoms with Crippen molar-refractivity contribution < 1.29 is 0 Å². The lowest BCUT2D eigenvalue weighted by Crippen LogP contribution is -2.29. The Hall–Kier alpha value is -1.67. The summed E-state index contributed by atoms with van der Waals surface area (Å²) >= 11 is 0. The molecule has 1 aliphatic heterocycles. The minimum atomic E-state index is 0.643. The molecule has 1 aromatic rings. The van der Waals surface area contributed by atoms with Gasteiger partial charge in [0.15, 0.2) is 5.82 Å². The van der Waals surface area contributed by atoms with Crippen LogP contribution in [0.25, 0.3) is 0 Å². The molecule has 1 atom stereocenters. The van der Waals surface area contributed by atoms with Crippen LogP contribution in [-0.4, -0.2) is 48.8 Å². The third-order valence-corrected chi connectivity index (χ3v) is 3.93. The summed E-state index contributed by atoms with van der Waals surface area (Å²) in [5.74, 6) is 1.35. The lowest BCUT2D eigenvalue weighted by atomic mass is 10.1. The highest BCUT2D eigenvalue weighted by molar-refractivity contribution is 5.57. The number of anilines is 1. The number of rotatable bonds is 3. The fourth-order valence-electron chi connectivity index (χ4n) is 2.65. The largest absolute Gasteiger partial charge is 0.357 e. The minimum absolute atomic E-state index is 0.643. The van der Waals surface area contributed by atoms with Gasteiger partial charge >= 0.3 is 0 Å². The molecule has 2 rings (SSSR count). The standard InChI is InChI=1S/C14H21N5/c1-10-11(2)16-17-14(13(10)7-15)19(4)9-12-5-6-18(3)8-12/h12H,5-6,8-9H2,1-4H3. The molecule has 1 saturated heterocycles. The zero-order chi connectivity index (χ0) is 14.0. The molecule has 1 aliphatic rings. The molecule has 1 unspecified atom stereocenters. The van der Waals surface area contributed by atoms with E-state index in [9.17, 15) is 5.26 Å². The van der Waals surface area contributed by atoms with Gasteiger partial charge in [0.2, 0.25) is 0 Å². The Morgan fingerprint density at radius 1 is 1.42 bits per heavy atom. The zero-order valence-electron chi connectivity index (χ0n) is 12.1. The van der Waals surface area contributed by atoms with E-state index in [2.05, 4.69) is 33.1 Å². The number of aryl methyl sites for hydroxylation is 1. The Labute approximate surface area is 114 Å². The van der Waals surface area contributed by atoms with Gasteiger partial charge in [-0.05, 0) is 45.3 Å². The first kappa shape index (κ1) is 13.8. The number of hydrogen-bond acceptors (Lipinski definition) is 5. The molecule has 1 aromatic heterocycles. The Morgan fingerprint density at radius 2 is 2.16 bits per heavy atom. The quantitative estimate of drug-likeness (QED) is 0.820. The van der Waals surface area contributed by atoms with E-state index in [1.807, 2.05) is 20.9 Å². The maximum atomic E-state index is 9.32. The van der Waals surface area contributed by atoms with Gasteiger partial charge in [-0.1, -0.05) is 0 Å². The average Bonchev–Trinajstić information content (AvgIpc) is 2.77. The summed E-state index contributed by atoms with van der Waals surface area (Å²) in [7, 11) is 4.15. The minimum Gasteiger partial charge on any atom is -0.357 e. The van der Waals surface area contributed by atoms with E-state index in [1.165, 1.54) is 6.42 Å². The molecular weight excluding hydrogens is 238 g/mol. The summed E-state index contributed by atoms with van der Waals surface area (Å²) in [6.45, 7) is 7.02. The van der Waals surface area contributed by atoms with Crippen LogP contribution in [0.15, 0.2) is 0 Å². The van der Waals surface area contributed by atoms with Gasteiger partial charge in [-0.3, -0.25) is 0 Å². The molecule has 0 amide bonds. The second kappa shape index (κ2) is 5.54. The van der Waals surface area contributed by atoms with Crippen LogP contribution in [0.3, 0.4) is 0 Å². The summed E-state index contributed by atoms with van der Waals surface area (Å²) in [6, 6.07) is 2.26. The van der Waals surface area contributed by atoms with E-state index in [4.69, 9.17) is 0 Å². The number of nitriles is 1. The van der Waals surface area contributed by atoms with E-state index < -0.39 is 0 Å². The second-order valence-electron chi connectivity index (χ2n) is 5.52. The molecular formula is C14H21N5. The van der Waals surface area contributed by atoms with Crippen LogP contribution in [-0.2, 0) is 0 Å². The van der Waals surface area contributed by atoms with Gasteiger partial charge in [-0.15, -0.1) is 5.10 Å². The first-order chi connectivity index (χ1) is 9.02. The molecule has 2 heterocycles. The van der Waals surface area contributed by atoms with Crippen molar-refractivity contribution in [3.8, 4) is 6.07 Å². The van der Waals surface area contributed by atoms with Crippen molar-refractivity contribution in [3.05, 3.63) is 16.8 Å². The summed E-state index contributed by atoms with van der Waals surface area (Å²) in [5.41, 5.74) is 2.42. The number of aromatic nitrogens is 2. The van der Waals surface area contributed by atoms with Crippen LogP contribution in [0.5, 0.6) is 0 Å². The maximum Gasteiger partial charge on any atom is 0.169 e. The average molecular weight is 259 g/mol. The second-order valence-corrected chi connectivity index (χ2v) is 5.52. The highest BCUT2D eigenvalue weighted by Gasteiger charge is 2.23. The molecule has 0 saturated carbocycles. The van der Waals surface area contributed by atoms with Crippen molar-refractivity contribution in [2.24, 2.45) is 5.92 Å². The molecule has 5 nitrogen and oxygen atoms in total. The van der Waals surface area contributed by atoms with E-state index in [0.717, 1.165) is 30.9 Å². The van der Waals surface area contributed by atoms with Crippen molar-refractivity contribution in [2.75, 3.05) is 38.6 Å². The lowest BCUT2D eigenvalue weighted by Gasteiger charge is -2.23. The van der Waals surface area contributed by atoms with Crippen LogP contribution in [0.1, 0.15) is 23.2 Å². The third-order valence-electron chi connectivity index (χ3n) is 3.93. The fraction of sp³-hybridized carbons (Fsp3) is 0.643. The van der Waals surface area contributed by atoms with Crippen LogP contribution in [0, 0.1) is 31.1 Å². The van der Waals surface area contributed by atoms with Crippen LogP contribution in [0.4, 0.5) is 5.82 Å². The van der Waals surface area contributed by atoms with Crippen LogP contribution in [0.2, 0.25) is 0 Å². The van der Waals surface area contributed by atoms with Crippen LogP contribution >= 0.6 is 0 Å². The summed E-state index contributed by atoms with van der Waals surface area (Å²) in [4.78, 5) is 4.41. The summed E-state index contributed by atoms with van der Waals surface area (Å²) < 4.78 is 0. The Kier molecular flexibility index (Phi) is 4.01. The molecule has 5 heteroatoms. The molecule has 0 bridgehead atoms. The molecule has 19 heavy (non-hydrogen) atoms. The van der Waals surface area contributed by atoms with E-state index in [-0.39, 0.29) is 0 Å². The van der Waals surface area contributed by atoms with Gasteiger partial charge in [-0.2, -0.15) is 10.4 Å². The highest BCUT2D eigenvalue weighted by atomic mass is 15.3. The number of nitrogens with zero attached hydrogens (tertiary/aromatic N) is 5. The lowest BCUT2D eigenvalue weighted by molar-refractivity contribution is 0.395. The predicted octanol–water partition coefficient (Wildman–Crippen LogP) is 1.35. The number of hydrogen-bond donors (Lipinski definition) is 0. The summed E-state index contributed by atoms with van der Waals surface area (Å²) in [5, 5.41) is 17.7. The van der Waals surface area contributed by atoms with E-state index >= 15 is 0 Å². The fourth-order valence-corrected chi connectivity index (χ4v) is 2.65. The Morgan fingerprint density at radius 3 is 2.74 bits per heavy atom. The van der Waals surface area contributed by atoms with E-state index in [0.29, 0.717) is 17.3 Å². The summed E-state index contributed by atoms with van der Waals surface area (Å²) in [6.07, 6.45) is 1.21. The van der Waals surface area contributed by atoms with Gasteiger partial charge in [0.25, 0.3) is 0 Å². The van der Waals surface area contributed by atoms with Gasteiger partial charge in [0.05, 0.1) is 5.69 Å². The third kappa shape index (κ3) is 2.85. The van der Waals surface area contributed by atoms with Crippen molar-refractivity contribution in [1.29, 1.82) is 5.26 Å². The molecule has 0 N–H and O–H groups in total. The van der Waals surface area contributed by atoms with Crippen molar-refractivity contribution in [3.63, 3.8) is 0 Å².